The van der Waals surface area contributed by atoms with E-state index >= 15 is 0 Å². The average molecular weight is 204 g/mol. The molecule has 1 aromatic carbocycles. The van der Waals surface area contributed by atoms with Gasteiger partial charge < -0.3 is 14.9 Å². The van der Waals surface area contributed by atoms with Crippen LogP contribution in [0.5, 0.6) is 5.75 Å². The molecule has 5 nitrogen and oxygen atoms in total. The lowest BCUT2D eigenvalue weighted by Gasteiger charge is -2.03. The van der Waals surface area contributed by atoms with Crippen molar-refractivity contribution in [2.75, 3.05) is 5.32 Å². The summed E-state index contributed by atoms with van der Waals surface area (Å²) >= 11 is 0. The molecule has 0 fully saturated rings. The van der Waals surface area contributed by atoms with Gasteiger partial charge in [-0.2, -0.15) is 0 Å². The first-order valence-corrected chi connectivity index (χ1v) is 4.26. The van der Waals surface area contributed by atoms with E-state index in [-0.39, 0.29) is 11.3 Å². The van der Waals surface area contributed by atoms with Gasteiger partial charge in [-0.25, -0.2) is 0 Å². The minimum absolute atomic E-state index is 0.0635. The third-order valence-corrected chi connectivity index (χ3v) is 1.84. The molecular weight excluding hydrogens is 196 g/mol. The van der Waals surface area contributed by atoms with Crippen molar-refractivity contribution in [2.45, 2.75) is 0 Å². The number of nitrogens with one attached hydrogen (secondary N) is 1. The summed E-state index contributed by atoms with van der Waals surface area (Å²) in [7, 11) is 0. The number of amides is 1. The Kier molecular flexibility index (Phi) is 2.37. The molecule has 0 aliphatic heterocycles. The first-order chi connectivity index (χ1) is 7.27. The largest absolute Gasteiger partial charge is 0.507 e. The zero-order valence-electron chi connectivity index (χ0n) is 7.68. The standard InChI is InChI=1S/C10H8N2O3/c13-9-4-2-1-3-8(9)10(14)12-7-5-11-15-6-7/h1-6,13H,(H,12,14). The van der Waals surface area contributed by atoms with Crippen LogP contribution in [0.2, 0.25) is 0 Å². The SMILES string of the molecule is O=C(Nc1cnoc1)c1ccccc1O. The highest BCUT2D eigenvalue weighted by Crippen LogP contribution is 2.17. The van der Waals surface area contributed by atoms with Crippen molar-refractivity contribution in [2.24, 2.45) is 0 Å². The quantitative estimate of drug-likeness (QED) is 0.779. The second-order valence-electron chi connectivity index (χ2n) is 2.88. The Hall–Kier alpha value is -2.30. The van der Waals surface area contributed by atoms with Gasteiger partial charge in [0.25, 0.3) is 5.91 Å². The van der Waals surface area contributed by atoms with E-state index < -0.39 is 5.91 Å². The number of phenols is 1. The molecule has 2 N–H and O–H groups in total. The van der Waals surface area contributed by atoms with Crippen LogP contribution in [0.3, 0.4) is 0 Å². The number of carbonyl (C=O) groups excluding carboxylic acids is 1. The third-order valence-electron chi connectivity index (χ3n) is 1.84. The molecule has 1 heterocycles. The Bertz CT molecular complexity index is 465. The molecule has 2 aromatic rings. The molecule has 0 aliphatic carbocycles. The summed E-state index contributed by atoms with van der Waals surface area (Å²) < 4.78 is 4.55. The molecule has 1 aromatic heterocycles. The first-order valence-electron chi connectivity index (χ1n) is 4.26. The summed E-state index contributed by atoms with van der Waals surface area (Å²) in [5, 5.41) is 15.4. The molecule has 0 saturated heterocycles. The number of benzene rings is 1. The maximum absolute atomic E-state index is 11.6. The fourth-order valence-corrected chi connectivity index (χ4v) is 1.13. The highest BCUT2D eigenvalue weighted by atomic mass is 16.5. The van der Waals surface area contributed by atoms with Crippen LogP contribution in [0.4, 0.5) is 5.69 Å². The van der Waals surface area contributed by atoms with Gasteiger partial charge in [0, 0.05) is 0 Å². The molecule has 1 amide bonds. The molecule has 76 valence electrons. The van der Waals surface area contributed by atoms with Crippen molar-refractivity contribution in [3.05, 3.63) is 42.3 Å². The smallest absolute Gasteiger partial charge is 0.259 e. The van der Waals surface area contributed by atoms with Gasteiger partial charge in [-0.05, 0) is 12.1 Å². The Morgan fingerprint density at radius 3 is 2.87 bits per heavy atom. The van der Waals surface area contributed by atoms with Crippen molar-refractivity contribution in [3.8, 4) is 5.75 Å². The van der Waals surface area contributed by atoms with Crippen LogP contribution >= 0.6 is 0 Å². The van der Waals surface area contributed by atoms with Gasteiger partial charge in [0.1, 0.15) is 17.7 Å². The van der Waals surface area contributed by atoms with Gasteiger partial charge >= 0.3 is 0 Å². The number of para-hydroxylation sites is 1. The molecule has 0 bridgehead atoms. The summed E-state index contributed by atoms with van der Waals surface area (Å²) in [6.45, 7) is 0. The number of carbonyl (C=O) groups is 1. The third kappa shape index (κ3) is 1.96. The van der Waals surface area contributed by atoms with Gasteiger partial charge in [-0.1, -0.05) is 17.3 Å². The summed E-state index contributed by atoms with van der Waals surface area (Å²) in [6, 6.07) is 6.29. The van der Waals surface area contributed by atoms with E-state index in [2.05, 4.69) is 15.0 Å². The fourth-order valence-electron chi connectivity index (χ4n) is 1.13. The topological polar surface area (TPSA) is 75.4 Å². The number of hydrogen-bond donors (Lipinski definition) is 2. The first kappa shape index (κ1) is 9.26. The summed E-state index contributed by atoms with van der Waals surface area (Å²) in [5.74, 6) is -0.470. The Balaban J connectivity index is 2.19. The van der Waals surface area contributed by atoms with Crippen LogP contribution in [0.1, 0.15) is 10.4 Å². The van der Waals surface area contributed by atoms with Crippen molar-refractivity contribution in [3.63, 3.8) is 0 Å². The van der Waals surface area contributed by atoms with Gasteiger partial charge in [0.2, 0.25) is 0 Å². The van der Waals surface area contributed by atoms with Crippen LogP contribution in [0.15, 0.2) is 41.2 Å². The Morgan fingerprint density at radius 2 is 2.20 bits per heavy atom. The number of rotatable bonds is 2. The van der Waals surface area contributed by atoms with E-state index in [0.29, 0.717) is 5.69 Å². The molecule has 0 saturated carbocycles. The maximum atomic E-state index is 11.6. The van der Waals surface area contributed by atoms with Crippen LogP contribution in [0.25, 0.3) is 0 Å². The van der Waals surface area contributed by atoms with E-state index in [4.69, 9.17) is 0 Å². The summed E-state index contributed by atoms with van der Waals surface area (Å²) in [6.07, 6.45) is 2.68. The predicted octanol–water partition coefficient (Wildman–Crippen LogP) is 1.63. The van der Waals surface area contributed by atoms with E-state index in [1.807, 2.05) is 0 Å². The van der Waals surface area contributed by atoms with Gasteiger partial charge in [0.05, 0.1) is 11.8 Å². The highest BCUT2D eigenvalue weighted by Gasteiger charge is 2.10. The summed E-state index contributed by atoms with van der Waals surface area (Å²) in [5.41, 5.74) is 0.655. The average Bonchev–Trinajstić information content (AvgIpc) is 2.71. The lowest BCUT2D eigenvalue weighted by Crippen LogP contribution is -2.11. The maximum Gasteiger partial charge on any atom is 0.259 e. The second kappa shape index (κ2) is 3.83. The molecule has 5 heteroatoms. The molecular formula is C10H8N2O3. The Labute approximate surface area is 85.3 Å². The lowest BCUT2D eigenvalue weighted by molar-refractivity contribution is 0.102. The van der Waals surface area contributed by atoms with Gasteiger partial charge in [-0.15, -0.1) is 0 Å². The van der Waals surface area contributed by atoms with E-state index in [0.717, 1.165) is 0 Å². The number of aromatic hydroxyl groups is 1. The molecule has 0 spiro atoms. The highest BCUT2D eigenvalue weighted by molar-refractivity contribution is 6.05. The molecule has 0 unspecified atom stereocenters. The van der Waals surface area contributed by atoms with Crippen molar-refractivity contribution < 1.29 is 14.4 Å². The summed E-state index contributed by atoms with van der Waals surface area (Å²) in [4.78, 5) is 11.6. The molecule has 2 rings (SSSR count). The molecule has 15 heavy (non-hydrogen) atoms. The predicted molar refractivity (Wildman–Crippen MR) is 52.6 cm³/mol. The van der Waals surface area contributed by atoms with Crippen LogP contribution in [-0.4, -0.2) is 16.2 Å². The van der Waals surface area contributed by atoms with Gasteiger partial charge in [-0.3, -0.25) is 4.79 Å². The van der Waals surface area contributed by atoms with Crippen LogP contribution in [-0.2, 0) is 0 Å². The van der Waals surface area contributed by atoms with Crippen LogP contribution < -0.4 is 5.32 Å². The lowest BCUT2D eigenvalue weighted by atomic mass is 10.2. The van der Waals surface area contributed by atoms with Crippen molar-refractivity contribution in [1.82, 2.24) is 5.16 Å². The van der Waals surface area contributed by atoms with Crippen LogP contribution in [0, 0.1) is 0 Å². The van der Waals surface area contributed by atoms with E-state index in [1.54, 1.807) is 12.1 Å². The molecule has 0 radical (unpaired) electrons. The number of hydrogen-bond acceptors (Lipinski definition) is 4. The zero-order valence-corrected chi connectivity index (χ0v) is 7.68. The normalized spacial score (nSPS) is 9.87. The molecule has 0 aliphatic rings. The number of anilines is 1. The number of phenolic OH excluding ortho intramolecular Hbond substituents is 1. The van der Waals surface area contributed by atoms with Crippen molar-refractivity contribution in [1.29, 1.82) is 0 Å². The fraction of sp³-hybridized carbons (Fsp3) is 0. The van der Waals surface area contributed by atoms with Gasteiger partial charge in [0.15, 0.2) is 0 Å². The molecule has 0 atom stereocenters. The van der Waals surface area contributed by atoms with E-state index in [9.17, 15) is 9.90 Å². The second-order valence-corrected chi connectivity index (χ2v) is 2.88. The zero-order chi connectivity index (χ0) is 10.7. The minimum Gasteiger partial charge on any atom is -0.507 e. The number of nitrogens with zero attached hydrogens (tertiary/aromatic N) is 1. The van der Waals surface area contributed by atoms with E-state index in [1.165, 1.54) is 24.6 Å². The Morgan fingerprint density at radius 1 is 1.40 bits per heavy atom. The monoisotopic (exact) mass is 204 g/mol. The minimum atomic E-state index is -0.406. The van der Waals surface area contributed by atoms with Crippen molar-refractivity contribution >= 4 is 11.6 Å². The number of aromatic nitrogens is 1.